The Kier molecular flexibility index (Phi) is 15.1. The molecule has 0 radical (unpaired) electrons. The van der Waals surface area contributed by atoms with Crippen LogP contribution in [0.3, 0.4) is 0 Å². The predicted octanol–water partition coefficient (Wildman–Crippen LogP) is 2.09. The topological polar surface area (TPSA) is 72.0 Å². The summed E-state index contributed by atoms with van der Waals surface area (Å²) in [6.45, 7) is 10.3. The molecule has 6 nitrogen and oxygen atoms in total. The molecule has 0 aliphatic heterocycles. The van der Waals surface area contributed by atoms with Crippen LogP contribution in [0.1, 0.15) is 52.9 Å². The lowest BCUT2D eigenvalue weighted by atomic mass is 10.3. The molecule has 0 spiro atoms. The summed E-state index contributed by atoms with van der Waals surface area (Å²) in [4.78, 5) is 15.7. The van der Waals surface area contributed by atoms with Gasteiger partial charge in [0, 0.05) is 39.3 Å². The van der Waals surface area contributed by atoms with E-state index in [-0.39, 0.29) is 5.97 Å². The van der Waals surface area contributed by atoms with Crippen LogP contribution in [-0.4, -0.2) is 51.4 Å². The molecule has 0 unspecified atom stereocenters. The van der Waals surface area contributed by atoms with Crippen molar-refractivity contribution in [3.8, 4) is 0 Å². The van der Waals surface area contributed by atoms with Crippen LogP contribution in [0.5, 0.6) is 0 Å². The molecule has 0 aliphatic rings. The quantitative estimate of drug-likeness (QED) is 0.236. The molecule has 22 heavy (non-hydrogen) atoms. The van der Waals surface area contributed by atoms with Crippen molar-refractivity contribution in [1.29, 1.82) is 0 Å². The molecule has 0 atom stereocenters. The molecule has 0 rings (SSSR count). The van der Waals surface area contributed by atoms with E-state index in [1.54, 1.807) is 0 Å². The fourth-order valence-electron chi connectivity index (χ4n) is 1.72. The molecular weight excluding hydrogens is 282 g/mol. The minimum Gasteiger partial charge on any atom is -0.466 e. The monoisotopic (exact) mass is 315 g/mol. The first-order chi connectivity index (χ1) is 10.7. The maximum Gasteiger partial charge on any atom is 0.305 e. The van der Waals surface area contributed by atoms with E-state index in [9.17, 15) is 4.79 Å². The number of hydrogen-bond acceptors (Lipinski definition) is 4. The van der Waals surface area contributed by atoms with Crippen LogP contribution in [-0.2, 0) is 14.3 Å². The fraction of sp³-hybridized carbons (Fsp3) is 0.875. The zero-order valence-corrected chi connectivity index (χ0v) is 14.5. The van der Waals surface area contributed by atoms with Crippen molar-refractivity contribution in [1.82, 2.24) is 10.6 Å². The summed E-state index contributed by atoms with van der Waals surface area (Å²) in [5.41, 5.74) is 0. The Bertz CT molecular complexity index is 296. The van der Waals surface area contributed by atoms with Crippen LogP contribution < -0.4 is 10.6 Å². The lowest BCUT2D eigenvalue weighted by molar-refractivity contribution is -0.143. The largest absolute Gasteiger partial charge is 0.466 e. The number of ether oxygens (including phenoxy) is 2. The van der Waals surface area contributed by atoms with Gasteiger partial charge in [-0.3, -0.25) is 9.79 Å². The summed E-state index contributed by atoms with van der Waals surface area (Å²) >= 11 is 0. The molecule has 0 aliphatic carbocycles. The fourth-order valence-corrected chi connectivity index (χ4v) is 1.72. The number of carbonyl (C=O) groups is 1. The summed E-state index contributed by atoms with van der Waals surface area (Å²) in [6.07, 6.45) is 4.37. The first-order valence-corrected chi connectivity index (χ1v) is 8.50. The van der Waals surface area contributed by atoms with Crippen LogP contribution in [0.25, 0.3) is 0 Å². The van der Waals surface area contributed by atoms with Crippen molar-refractivity contribution in [3.05, 3.63) is 0 Å². The molecular formula is C16H33N3O3. The van der Waals surface area contributed by atoms with Gasteiger partial charge < -0.3 is 20.1 Å². The number of aliphatic imine (C=N–C) groups is 1. The average Bonchev–Trinajstić information content (AvgIpc) is 2.50. The Labute approximate surface area is 135 Å². The van der Waals surface area contributed by atoms with Gasteiger partial charge in [-0.1, -0.05) is 13.3 Å². The lowest BCUT2D eigenvalue weighted by Gasteiger charge is -2.11. The minimum atomic E-state index is -0.153. The summed E-state index contributed by atoms with van der Waals surface area (Å²) in [5, 5.41) is 6.46. The van der Waals surface area contributed by atoms with Gasteiger partial charge in [0.15, 0.2) is 5.96 Å². The minimum absolute atomic E-state index is 0.153. The average molecular weight is 315 g/mol. The first kappa shape index (κ1) is 20.7. The van der Waals surface area contributed by atoms with Gasteiger partial charge >= 0.3 is 5.97 Å². The SMILES string of the molecule is CCCCOCCCNC(=NCCCC(=O)OCC)NCC. The van der Waals surface area contributed by atoms with Crippen molar-refractivity contribution in [2.75, 3.05) is 39.5 Å². The van der Waals surface area contributed by atoms with Gasteiger partial charge in [0.2, 0.25) is 0 Å². The molecule has 0 amide bonds. The molecule has 2 N–H and O–H groups in total. The lowest BCUT2D eigenvalue weighted by Crippen LogP contribution is -2.38. The molecule has 0 saturated carbocycles. The number of carbonyl (C=O) groups excluding carboxylic acids is 1. The highest BCUT2D eigenvalue weighted by molar-refractivity contribution is 5.79. The Morgan fingerprint density at radius 3 is 2.50 bits per heavy atom. The summed E-state index contributed by atoms with van der Waals surface area (Å²) in [5.74, 6) is 0.639. The van der Waals surface area contributed by atoms with E-state index in [0.29, 0.717) is 26.0 Å². The third kappa shape index (κ3) is 13.7. The summed E-state index contributed by atoms with van der Waals surface area (Å²) < 4.78 is 10.4. The van der Waals surface area contributed by atoms with E-state index in [1.807, 2.05) is 13.8 Å². The van der Waals surface area contributed by atoms with E-state index < -0.39 is 0 Å². The van der Waals surface area contributed by atoms with Crippen LogP contribution >= 0.6 is 0 Å². The molecule has 130 valence electrons. The Morgan fingerprint density at radius 2 is 1.82 bits per heavy atom. The maximum atomic E-state index is 11.2. The van der Waals surface area contributed by atoms with Crippen LogP contribution in [0, 0.1) is 0 Å². The number of esters is 1. The standard InChI is InChI=1S/C16H33N3O3/c1-4-7-13-21-14-9-12-19-16(17-5-2)18-11-8-10-15(20)22-6-3/h4-14H2,1-3H3,(H2,17,18,19). The number of nitrogens with one attached hydrogen (secondary N) is 2. The smallest absolute Gasteiger partial charge is 0.305 e. The van der Waals surface area contributed by atoms with Crippen LogP contribution in [0.4, 0.5) is 0 Å². The molecule has 0 aromatic rings. The zero-order valence-electron chi connectivity index (χ0n) is 14.5. The summed E-state index contributed by atoms with van der Waals surface area (Å²) in [7, 11) is 0. The normalized spacial score (nSPS) is 11.3. The molecule has 0 heterocycles. The molecule has 6 heteroatoms. The first-order valence-electron chi connectivity index (χ1n) is 8.50. The van der Waals surface area contributed by atoms with Gasteiger partial charge in [-0.05, 0) is 33.1 Å². The van der Waals surface area contributed by atoms with Gasteiger partial charge in [0.1, 0.15) is 0 Å². The van der Waals surface area contributed by atoms with E-state index >= 15 is 0 Å². The third-order valence-electron chi connectivity index (χ3n) is 2.86. The molecule has 0 fully saturated rings. The Balaban J connectivity index is 3.74. The zero-order chi connectivity index (χ0) is 16.5. The predicted molar refractivity (Wildman–Crippen MR) is 90.2 cm³/mol. The molecule has 0 saturated heterocycles. The van der Waals surface area contributed by atoms with Gasteiger partial charge in [0.05, 0.1) is 6.61 Å². The van der Waals surface area contributed by atoms with Crippen LogP contribution in [0.15, 0.2) is 4.99 Å². The van der Waals surface area contributed by atoms with Crippen molar-refractivity contribution in [2.24, 2.45) is 4.99 Å². The molecule has 0 bridgehead atoms. The maximum absolute atomic E-state index is 11.2. The molecule has 0 aromatic heterocycles. The second-order valence-electron chi connectivity index (χ2n) is 4.92. The van der Waals surface area contributed by atoms with Crippen molar-refractivity contribution in [2.45, 2.75) is 52.9 Å². The molecule has 0 aromatic carbocycles. The van der Waals surface area contributed by atoms with Crippen molar-refractivity contribution < 1.29 is 14.3 Å². The van der Waals surface area contributed by atoms with Gasteiger partial charge in [-0.2, -0.15) is 0 Å². The number of nitrogens with zero attached hydrogens (tertiary/aromatic N) is 1. The number of hydrogen-bond donors (Lipinski definition) is 2. The van der Waals surface area contributed by atoms with Gasteiger partial charge in [-0.15, -0.1) is 0 Å². The second kappa shape index (κ2) is 16.1. The highest BCUT2D eigenvalue weighted by Gasteiger charge is 2.01. The second-order valence-corrected chi connectivity index (χ2v) is 4.92. The van der Waals surface area contributed by atoms with E-state index in [2.05, 4.69) is 22.5 Å². The highest BCUT2D eigenvalue weighted by atomic mass is 16.5. The van der Waals surface area contributed by atoms with Gasteiger partial charge in [-0.25, -0.2) is 0 Å². The third-order valence-corrected chi connectivity index (χ3v) is 2.86. The van der Waals surface area contributed by atoms with Crippen molar-refractivity contribution >= 4 is 11.9 Å². The van der Waals surface area contributed by atoms with Crippen molar-refractivity contribution in [3.63, 3.8) is 0 Å². The Hall–Kier alpha value is -1.30. The summed E-state index contributed by atoms with van der Waals surface area (Å²) in [6, 6.07) is 0. The highest BCUT2D eigenvalue weighted by Crippen LogP contribution is 1.94. The Morgan fingerprint density at radius 1 is 1.05 bits per heavy atom. The van der Waals surface area contributed by atoms with Crippen LogP contribution in [0.2, 0.25) is 0 Å². The number of rotatable bonds is 13. The number of unbranched alkanes of at least 4 members (excludes halogenated alkanes) is 1. The number of guanidine groups is 1. The van der Waals surface area contributed by atoms with E-state index in [1.165, 1.54) is 6.42 Å². The van der Waals surface area contributed by atoms with E-state index in [4.69, 9.17) is 9.47 Å². The van der Waals surface area contributed by atoms with E-state index in [0.717, 1.165) is 45.1 Å². The van der Waals surface area contributed by atoms with Gasteiger partial charge in [0.25, 0.3) is 0 Å².